The van der Waals surface area contributed by atoms with E-state index in [4.69, 9.17) is 5.11 Å². The second-order valence-corrected chi connectivity index (χ2v) is 4.50. The van der Waals surface area contributed by atoms with Crippen molar-refractivity contribution in [2.24, 2.45) is 5.18 Å². The molecule has 0 saturated heterocycles. The molecule has 0 fully saturated rings. The average Bonchev–Trinajstić information content (AvgIpc) is 2.51. The van der Waals surface area contributed by atoms with E-state index in [0.29, 0.717) is 17.8 Å². The number of hydrogen-bond donors (Lipinski definition) is 4. The minimum atomic E-state index is -0.507. The molecule has 0 bridgehead atoms. The van der Waals surface area contributed by atoms with E-state index in [-0.39, 0.29) is 18.0 Å². The molecule has 7 heteroatoms. The van der Waals surface area contributed by atoms with Crippen LogP contribution in [0.15, 0.2) is 47.6 Å². The van der Waals surface area contributed by atoms with Gasteiger partial charge in [0.2, 0.25) is 0 Å². The number of nitrogens with one attached hydrogen (secondary N) is 2. The predicted octanol–water partition coefficient (Wildman–Crippen LogP) is 2.97. The highest BCUT2D eigenvalue weighted by Crippen LogP contribution is 2.29. The number of benzene rings is 2. The Hall–Kier alpha value is -2.93. The normalized spacial score (nSPS) is 10.0. The van der Waals surface area contributed by atoms with Gasteiger partial charge in [0.1, 0.15) is 5.75 Å². The largest absolute Gasteiger partial charge is 0.506 e. The zero-order valence-electron chi connectivity index (χ0n) is 11.6. The van der Waals surface area contributed by atoms with E-state index in [1.807, 2.05) is 6.07 Å². The van der Waals surface area contributed by atoms with Crippen LogP contribution in [0.2, 0.25) is 0 Å². The number of carbonyl (C=O) groups excluding carboxylic acids is 1. The van der Waals surface area contributed by atoms with Gasteiger partial charge in [-0.25, -0.2) is 4.79 Å². The Bertz CT molecular complexity index is 688. The Morgan fingerprint density at radius 1 is 1.14 bits per heavy atom. The molecule has 0 unspecified atom stereocenters. The molecule has 0 spiro atoms. The van der Waals surface area contributed by atoms with Crippen molar-refractivity contribution in [1.29, 1.82) is 0 Å². The first kappa shape index (κ1) is 15.5. The van der Waals surface area contributed by atoms with Crippen LogP contribution in [-0.2, 0) is 6.42 Å². The lowest BCUT2D eigenvalue weighted by Crippen LogP contribution is -2.20. The highest BCUT2D eigenvalue weighted by Gasteiger charge is 2.08. The third-order valence-corrected chi connectivity index (χ3v) is 2.98. The van der Waals surface area contributed by atoms with Crippen LogP contribution in [-0.4, -0.2) is 22.9 Å². The van der Waals surface area contributed by atoms with E-state index in [1.54, 1.807) is 18.2 Å². The topological polar surface area (TPSA) is 111 Å². The maximum absolute atomic E-state index is 12.0. The van der Waals surface area contributed by atoms with Gasteiger partial charge in [0, 0.05) is 18.0 Å². The van der Waals surface area contributed by atoms with Crippen molar-refractivity contribution in [3.63, 3.8) is 0 Å². The Morgan fingerprint density at radius 2 is 1.91 bits per heavy atom. The number of anilines is 2. The highest BCUT2D eigenvalue weighted by molar-refractivity contribution is 6.00. The van der Waals surface area contributed by atoms with Crippen LogP contribution < -0.4 is 10.6 Å². The molecular formula is C15H15N3O4. The van der Waals surface area contributed by atoms with Gasteiger partial charge in [-0.05, 0) is 41.4 Å². The number of phenolic OH excluding ortho intramolecular Hbond substituents is 1. The first-order chi connectivity index (χ1) is 10.6. The number of nitroso groups, excluding NO2 is 1. The summed E-state index contributed by atoms with van der Waals surface area (Å²) in [5.41, 5.74) is 1.56. The fourth-order valence-electron chi connectivity index (χ4n) is 1.94. The van der Waals surface area contributed by atoms with Crippen LogP contribution in [0.25, 0.3) is 0 Å². The molecule has 4 N–H and O–H groups in total. The summed E-state index contributed by atoms with van der Waals surface area (Å²) in [6, 6.07) is 10.6. The summed E-state index contributed by atoms with van der Waals surface area (Å²) in [7, 11) is 0. The molecule has 2 rings (SSSR count). The third kappa shape index (κ3) is 3.80. The summed E-state index contributed by atoms with van der Waals surface area (Å²) in [6.45, 7) is -0.0212. The molecule has 0 aliphatic carbocycles. The van der Waals surface area contributed by atoms with Crippen LogP contribution in [0.3, 0.4) is 0 Å². The predicted molar refractivity (Wildman–Crippen MR) is 83.4 cm³/mol. The number of urea groups is 1. The smallest absolute Gasteiger partial charge is 0.323 e. The molecular weight excluding hydrogens is 286 g/mol. The molecule has 0 heterocycles. The lowest BCUT2D eigenvalue weighted by Gasteiger charge is -2.11. The Kier molecular flexibility index (Phi) is 5.05. The number of hydrogen-bond acceptors (Lipinski definition) is 5. The molecule has 2 aromatic carbocycles. The molecule has 0 atom stereocenters. The van der Waals surface area contributed by atoms with Gasteiger partial charge in [0.15, 0.2) is 5.69 Å². The van der Waals surface area contributed by atoms with Crippen LogP contribution in [0.4, 0.5) is 21.9 Å². The first-order valence-electron chi connectivity index (χ1n) is 6.57. The Morgan fingerprint density at radius 3 is 2.64 bits per heavy atom. The van der Waals surface area contributed by atoms with Crippen molar-refractivity contribution >= 4 is 23.1 Å². The second-order valence-electron chi connectivity index (χ2n) is 4.50. The summed E-state index contributed by atoms with van der Waals surface area (Å²) < 4.78 is 0. The zero-order valence-corrected chi connectivity index (χ0v) is 11.6. The van der Waals surface area contributed by atoms with Gasteiger partial charge in [-0.15, -0.1) is 4.91 Å². The van der Waals surface area contributed by atoms with Crippen molar-refractivity contribution in [1.82, 2.24) is 0 Å². The number of nitrogens with zero attached hydrogens (tertiary/aromatic N) is 1. The minimum Gasteiger partial charge on any atom is -0.506 e. The molecule has 7 nitrogen and oxygen atoms in total. The van der Waals surface area contributed by atoms with Crippen LogP contribution in [0, 0.1) is 4.91 Å². The van der Waals surface area contributed by atoms with Gasteiger partial charge < -0.3 is 20.8 Å². The maximum atomic E-state index is 12.0. The number of aromatic hydroxyl groups is 1. The van der Waals surface area contributed by atoms with Crippen molar-refractivity contribution in [3.05, 3.63) is 52.9 Å². The summed E-state index contributed by atoms with van der Waals surface area (Å²) in [5.74, 6) is -0.255. The van der Waals surface area contributed by atoms with Crippen molar-refractivity contribution < 1.29 is 15.0 Å². The van der Waals surface area contributed by atoms with E-state index in [0.717, 1.165) is 5.56 Å². The molecule has 0 aliphatic rings. The summed E-state index contributed by atoms with van der Waals surface area (Å²) >= 11 is 0. The molecule has 0 radical (unpaired) electrons. The molecule has 2 amide bonds. The van der Waals surface area contributed by atoms with Crippen LogP contribution in [0.5, 0.6) is 5.75 Å². The van der Waals surface area contributed by atoms with Gasteiger partial charge >= 0.3 is 6.03 Å². The third-order valence-electron chi connectivity index (χ3n) is 2.98. The quantitative estimate of drug-likeness (QED) is 0.502. The number of phenols is 1. The summed E-state index contributed by atoms with van der Waals surface area (Å²) in [6.07, 6.45) is 0.425. The second kappa shape index (κ2) is 7.19. The zero-order chi connectivity index (χ0) is 15.9. The van der Waals surface area contributed by atoms with Gasteiger partial charge in [-0.2, -0.15) is 0 Å². The van der Waals surface area contributed by atoms with Gasteiger partial charge in [0.25, 0.3) is 0 Å². The lowest BCUT2D eigenvalue weighted by molar-refractivity contribution is 0.262. The number of para-hydroxylation sites is 1. The molecule has 22 heavy (non-hydrogen) atoms. The van der Waals surface area contributed by atoms with Gasteiger partial charge in [0.05, 0.1) is 0 Å². The standard InChI is InChI=1S/C15H15N3O4/c19-8-7-10-3-1-2-4-12(10)17-15(21)16-11-5-6-14(20)13(9-11)18-22/h1-6,9,19-20H,7-8H2,(H2,16,17,21). The van der Waals surface area contributed by atoms with E-state index in [1.165, 1.54) is 18.2 Å². The summed E-state index contributed by atoms with van der Waals surface area (Å²) in [5, 5.41) is 26.2. The van der Waals surface area contributed by atoms with Gasteiger partial charge in [-0.3, -0.25) is 0 Å². The van der Waals surface area contributed by atoms with Crippen molar-refractivity contribution in [2.45, 2.75) is 6.42 Å². The van der Waals surface area contributed by atoms with Gasteiger partial charge in [-0.1, -0.05) is 18.2 Å². The fraction of sp³-hybridized carbons (Fsp3) is 0.133. The maximum Gasteiger partial charge on any atom is 0.323 e. The Labute approximate surface area is 126 Å². The van der Waals surface area contributed by atoms with E-state index in [9.17, 15) is 14.8 Å². The Balaban J connectivity index is 2.09. The monoisotopic (exact) mass is 301 g/mol. The lowest BCUT2D eigenvalue weighted by atomic mass is 10.1. The van der Waals surface area contributed by atoms with Crippen molar-refractivity contribution in [3.8, 4) is 5.75 Å². The van der Waals surface area contributed by atoms with E-state index < -0.39 is 6.03 Å². The number of aliphatic hydroxyl groups excluding tert-OH is 1. The first-order valence-corrected chi connectivity index (χ1v) is 6.57. The molecule has 0 aromatic heterocycles. The fourth-order valence-corrected chi connectivity index (χ4v) is 1.94. The number of carbonyl (C=O) groups is 1. The molecule has 114 valence electrons. The molecule has 2 aromatic rings. The number of amides is 2. The van der Waals surface area contributed by atoms with Crippen LogP contribution in [0.1, 0.15) is 5.56 Å². The number of rotatable bonds is 5. The van der Waals surface area contributed by atoms with E-state index in [2.05, 4.69) is 15.8 Å². The average molecular weight is 301 g/mol. The van der Waals surface area contributed by atoms with Crippen molar-refractivity contribution in [2.75, 3.05) is 17.2 Å². The van der Waals surface area contributed by atoms with Crippen LogP contribution >= 0.6 is 0 Å². The molecule has 0 saturated carbocycles. The highest BCUT2D eigenvalue weighted by atomic mass is 16.3. The van der Waals surface area contributed by atoms with E-state index >= 15 is 0 Å². The minimum absolute atomic E-state index is 0.0212. The molecule has 0 aliphatic heterocycles. The summed E-state index contributed by atoms with van der Waals surface area (Å²) in [4.78, 5) is 22.5. The number of aliphatic hydroxyl groups is 1. The SMILES string of the molecule is O=Nc1cc(NC(=O)Nc2ccccc2CCO)ccc1O.